The molecule has 0 aromatic carbocycles. The third kappa shape index (κ3) is 4.37. The Balaban J connectivity index is 1.50. The van der Waals surface area contributed by atoms with Gasteiger partial charge in [-0.25, -0.2) is 28.8 Å². The van der Waals surface area contributed by atoms with Gasteiger partial charge in [-0.05, 0) is 51.8 Å². The molecule has 200 valence electrons. The van der Waals surface area contributed by atoms with Gasteiger partial charge in [0.2, 0.25) is 10.0 Å². The minimum Gasteiger partial charge on any atom is -0.380 e. The van der Waals surface area contributed by atoms with Crippen molar-refractivity contribution in [3.8, 4) is 0 Å². The molecule has 3 fully saturated rings. The average molecular weight is 533 g/mol. The Morgan fingerprint density at radius 1 is 1.25 bits per heavy atom. The van der Waals surface area contributed by atoms with Crippen LogP contribution in [0.1, 0.15) is 43.7 Å². The number of halogens is 3. The van der Waals surface area contributed by atoms with E-state index in [2.05, 4.69) is 15.8 Å². The van der Waals surface area contributed by atoms with Crippen molar-refractivity contribution >= 4 is 15.5 Å². The Morgan fingerprint density at radius 3 is 2.58 bits per heavy atom. The predicted molar refractivity (Wildman–Crippen MR) is 124 cm³/mol. The van der Waals surface area contributed by atoms with Crippen LogP contribution in [0.15, 0.2) is 28.2 Å². The van der Waals surface area contributed by atoms with E-state index >= 15 is 0 Å². The standard InChI is InChI=1S/C22H31F3N6O4S/c1-26-36(33,34)16-7-17(22(23,24)25)18-10-30(20(32)31(18)9-16)15-5-3-4-14(6-15)21(11-35-12-21)8-19-28-27-13-29(19)2/h7,9-10,14-15,19,26-28H,3-6,8,11-13H2,1-2H3. The SMILES string of the molecule is CNS(=O)(=O)c1cc(C(F)(F)F)c2cn(C3CCCC(C4(CC5NNCN5C)COC4)C3)c(=O)n2c1. The summed E-state index contributed by atoms with van der Waals surface area (Å²) < 4.78 is 76.1. The van der Waals surface area contributed by atoms with Crippen LogP contribution in [0.2, 0.25) is 0 Å². The average Bonchev–Trinajstić information content (AvgIpc) is 3.37. The molecular weight excluding hydrogens is 501 g/mol. The maximum atomic E-state index is 13.9. The first kappa shape index (κ1) is 25.7. The van der Waals surface area contributed by atoms with Gasteiger partial charge in [-0.15, -0.1) is 0 Å². The Labute approximate surface area is 206 Å². The molecule has 14 heteroatoms. The van der Waals surface area contributed by atoms with Crippen LogP contribution < -0.4 is 21.3 Å². The zero-order valence-electron chi connectivity index (χ0n) is 20.1. The largest absolute Gasteiger partial charge is 0.418 e. The van der Waals surface area contributed by atoms with E-state index in [9.17, 15) is 26.4 Å². The van der Waals surface area contributed by atoms with Crippen molar-refractivity contribution in [2.75, 3.05) is 34.0 Å². The fraction of sp³-hybridized carbons (Fsp3) is 0.682. The number of hydrogen-bond donors (Lipinski definition) is 3. The number of aromatic nitrogens is 2. The molecule has 0 radical (unpaired) electrons. The Morgan fingerprint density at radius 2 is 2.00 bits per heavy atom. The smallest absolute Gasteiger partial charge is 0.380 e. The number of ether oxygens (including phenoxy) is 1. The third-order valence-electron chi connectivity index (χ3n) is 8.07. The van der Waals surface area contributed by atoms with Crippen molar-refractivity contribution in [3.63, 3.8) is 0 Å². The van der Waals surface area contributed by atoms with Gasteiger partial charge >= 0.3 is 11.9 Å². The summed E-state index contributed by atoms with van der Waals surface area (Å²) in [7, 11) is -1.05. The maximum absolute atomic E-state index is 13.9. The fourth-order valence-corrected chi connectivity index (χ4v) is 6.65. The molecule has 5 rings (SSSR count). The van der Waals surface area contributed by atoms with Crippen molar-refractivity contribution in [2.45, 2.75) is 55.4 Å². The van der Waals surface area contributed by atoms with E-state index in [1.54, 1.807) is 0 Å². The minimum atomic E-state index is -4.83. The second kappa shape index (κ2) is 9.10. The minimum absolute atomic E-state index is 0.0649. The van der Waals surface area contributed by atoms with E-state index < -0.39 is 32.3 Å². The molecule has 2 saturated heterocycles. The molecule has 36 heavy (non-hydrogen) atoms. The van der Waals surface area contributed by atoms with Gasteiger partial charge in [0.15, 0.2) is 0 Å². The number of nitrogens with one attached hydrogen (secondary N) is 3. The third-order valence-corrected chi connectivity index (χ3v) is 9.45. The van der Waals surface area contributed by atoms with Gasteiger partial charge in [0.05, 0.1) is 42.0 Å². The molecule has 1 saturated carbocycles. The highest BCUT2D eigenvalue weighted by molar-refractivity contribution is 7.89. The molecule has 3 aliphatic rings. The van der Waals surface area contributed by atoms with Crippen LogP contribution in [0.4, 0.5) is 13.2 Å². The molecule has 1 aliphatic carbocycles. The molecule has 4 heterocycles. The monoisotopic (exact) mass is 532 g/mol. The van der Waals surface area contributed by atoms with Crippen molar-refractivity contribution in [1.82, 2.24) is 29.4 Å². The fourth-order valence-electron chi connectivity index (χ4n) is 5.89. The Bertz CT molecular complexity index is 1300. The second-order valence-corrected chi connectivity index (χ2v) is 12.1. The van der Waals surface area contributed by atoms with Crippen LogP contribution >= 0.6 is 0 Å². The number of hydrazine groups is 1. The second-order valence-electron chi connectivity index (χ2n) is 10.2. The Hall–Kier alpha value is -1.97. The van der Waals surface area contributed by atoms with E-state index in [1.165, 1.54) is 10.8 Å². The van der Waals surface area contributed by atoms with Crippen molar-refractivity contribution in [2.24, 2.45) is 11.3 Å². The van der Waals surface area contributed by atoms with Gasteiger partial charge in [-0.1, -0.05) is 6.42 Å². The molecule has 0 spiro atoms. The number of fused-ring (bicyclic) bond motifs is 1. The zero-order valence-corrected chi connectivity index (χ0v) is 21.0. The number of hydrogen-bond acceptors (Lipinski definition) is 7. The first-order valence-corrected chi connectivity index (χ1v) is 13.5. The maximum Gasteiger partial charge on any atom is 0.418 e. The predicted octanol–water partition coefficient (Wildman–Crippen LogP) is 1.49. The Kier molecular flexibility index (Phi) is 6.49. The lowest BCUT2D eigenvalue weighted by Gasteiger charge is -2.51. The molecule has 3 unspecified atom stereocenters. The van der Waals surface area contributed by atoms with Crippen LogP contribution in [0.25, 0.3) is 5.52 Å². The summed E-state index contributed by atoms with van der Waals surface area (Å²) in [5.41, 5.74) is 4.17. The van der Waals surface area contributed by atoms with Gasteiger partial charge in [-0.2, -0.15) is 13.2 Å². The molecule has 2 aliphatic heterocycles. The summed E-state index contributed by atoms with van der Waals surface area (Å²) in [5, 5.41) is 0. The molecule has 3 N–H and O–H groups in total. The molecule has 10 nitrogen and oxygen atoms in total. The normalized spacial score (nSPS) is 27.4. The van der Waals surface area contributed by atoms with Crippen LogP contribution in [0.5, 0.6) is 0 Å². The summed E-state index contributed by atoms with van der Waals surface area (Å²) in [4.78, 5) is 14.9. The van der Waals surface area contributed by atoms with Crippen LogP contribution in [-0.2, 0) is 20.9 Å². The number of alkyl halides is 3. The highest BCUT2D eigenvalue weighted by atomic mass is 32.2. The molecule has 0 bridgehead atoms. The lowest BCUT2D eigenvalue weighted by atomic mass is 9.64. The number of imidazole rings is 1. The molecule has 3 atom stereocenters. The van der Waals surface area contributed by atoms with Gasteiger partial charge in [0.25, 0.3) is 0 Å². The summed E-state index contributed by atoms with van der Waals surface area (Å²) in [6, 6.07) is 0.292. The zero-order chi connectivity index (χ0) is 25.9. The van der Waals surface area contributed by atoms with Crippen LogP contribution in [0.3, 0.4) is 0 Å². The lowest BCUT2D eigenvalue weighted by molar-refractivity contribution is -0.167. The van der Waals surface area contributed by atoms with E-state index in [0.717, 1.165) is 43.6 Å². The molecule has 0 amide bonds. The summed E-state index contributed by atoms with van der Waals surface area (Å²) in [6.45, 7) is 1.97. The van der Waals surface area contributed by atoms with E-state index in [4.69, 9.17) is 4.74 Å². The van der Waals surface area contributed by atoms with Crippen LogP contribution in [0, 0.1) is 11.3 Å². The number of nitrogens with zero attached hydrogens (tertiary/aromatic N) is 3. The van der Waals surface area contributed by atoms with E-state index in [-0.39, 0.29) is 29.1 Å². The number of sulfonamides is 1. The van der Waals surface area contributed by atoms with Gasteiger partial charge in [0, 0.05) is 23.9 Å². The van der Waals surface area contributed by atoms with Gasteiger partial charge in [0.1, 0.15) is 0 Å². The first-order chi connectivity index (χ1) is 16.9. The summed E-state index contributed by atoms with van der Waals surface area (Å²) in [6.07, 6.45) is 1.49. The first-order valence-electron chi connectivity index (χ1n) is 12.0. The highest BCUT2D eigenvalue weighted by Crippen LogP contribution is 2.49. The molecule has 2 aromatic rings. The summed E-state index contributed by atoms with van der Waals surface area (Å²) in [5.74, 6) is 0.248. The molecular formula is C22H31F3N6O4S. The van der Waals surface area contributed by atoms with E-state index in [0.29, 0.717) is 32.1 Å². The van der Waals surface area contributed by atoms with Crippen molar-refractivity contribution in [1.29, 1.82) is 0 Å². The number of rotatable bonds is 6. The van der Waals surface area contributed by atoms with Gasteiger partial charge < -0.3 is 4.74 Å². The van der Waals surface area contributed by atoms with Gasteiger partial charge in [-0.3, -0.25) is 13.9 Å². The van der Waals surface area contributed by atoms with E-state index in [1.807, 2.05) is 11.8 Å². The number of pyridine rings is 1. The van der Waals surface area contributed by atoms with Crippen LogP contribution in [-0.4, -0.2) is 62.4 Å². The van der Waals surface area contributed by atoms with Crippen molar-refractivity contribution in [3.05, 3.63) is 34.5 Å². The highest BCUT2D eigenvalue weighted by Gasteiger charge is 2.49. The topological polar surface area (TPSA) is 109 Å². The molecule has 2 aromatic heterocycles. The quantitative estimate of drug-likeness (QED) is 0.517. The van der Waals surface area contributed by atoms with Crippen molar-refractivity contribution < 1.29 is 26.3 Å². The lowest BCUT2D eigenvalue weighted by Crippen LogP contribution is -2.54. The summed E-state index contributed by atoms with van der Waals surface area (Å²) >= 11 is 0.